The molecule has 4 aromatic heterocycles. The zero-order chi connectivity index (χ0) is 37.3. The van der Waals surface area contributed by atoms with E-state index in [0.717, 1.165) is 37.8 Å². The molecule has 0 bridgehead atoms. The fraction of sp³-hybridized carbons (Fsp3) is 0.400. The van der Waals surface area contributed by atoms with Gasteiger partial charge in [0.1, 0.15) is 57.8 Å². The molecule has 2 aliphatic rings. The smallest absolute Gasteiger partial charge is 0.317 e. The molecule has 268 valence electrons. The minimum atomic E-state index is -1.00. The van der Waals surface area contributed by atoms with E-state index in [1.54, 1.807) is 7.05 Å². The summed E-state index contributed by atoms with van der Waals surface area (Å²) in [4.78, 5) is 56.8. The first-order chi connectivity index (χ1) is 25.2. The lowest BCUT2D eigenvalue weighted by Gasteiger charge is -2.34. The first kappa shape index (κ1) is 36.7. The van der Waals surface area contributed by atoms with Crippen LogP contribution in [-0.4, -0.2) is 136 Å². The molecule has 2 fully saturated rings. The van der Waals surface area contributed by atoms with Gasteiger partial charge in [-0.3, -0.25) is 23.8 Å². The van der Waals surface area contributed by atoms with Crippen LogP contribution in [0.15, 0.2) is 37.2 Å². The van der Waals surface area contributed by atoms with Gasteiger partial charge in [-0.1, -0.05) is 22.7 Å². The van der Waals surface area contributed by atoms with E-state index in [4.69, 9.17) is 17.0 Å². The lowest BCUT2D eigenvalue weighted by atomic mass is 10.3. The van der Waals surface area contributed by atoms with Gasteiger partial charge in [0.05, 0.1) is 34.0 Å². The van der Waals surface area contributed by atoms with Crippen molar-refractivity contribution < 1.29 is 20.5 Å². The number of hydrogen-bond donors (Lipinski definition) is 4. The molecule has 2 aliphatic heterocycles. The summed E-state index contributed by atoms with van der Waals surface area (Å²) in [5.74, 6) is 2.07. The van der Waals surface area contributed by atoms with Crippen LogP contribution in [0.25, 0.3) is 0 Å². The number of carbonyl (C=O) groups excluding carboxylic acids is 1. The van der Waals surface area contributed by atoms with Crippen LogP contribution in [0.4, 0.5) is 37.9 Å². The maximum atomic E-state index is 11.5. The highest BCUT2D eigenvalue weighted by Gasteiger charge is 2.21. The average Bonchev–Trinajstić information content (AvgIpc) is 3.82. The summed E-state index contributed by atoms with van der Waals surface area (Å²) in [7, 11) is 0.649. The quantitative estimate of drug-likeness (QED) is 0.182. The van der Waals surface area contributed by atoms with Gasteiger partial charge in [0.25, 0.3) is 0 Å². The van der Waals surface area contributed by atoms with Crippen molar-refractivity contribution in [3.8, 4) is 12.1 Å². The number of aromatic nitrogens is 6. The number of alkyl halides is 1. The van der Waals surface area contributed by atoms with Crippen molar-refractivity contribution in [3.05, 3.63) is 46.9 Å². The molecule has 21 heteroatoms. The number of carboxylic acid groups (broad SMARTS) is 1. The summed E-state index contributed by atoms with van der Waals surface area (Å²) in [6, 6.07) is 7.78. The van der Waals surface area contributed by atoms with Gasteiger partial charge in [0.15, 0.2) is 10.3 Å². The van der Waals surface area contributed by atoms with Gasteiger partial charge in [0, 0.05) is 71.5 Å². The van der Waals surface area contributed by atoms with Crippen molar-refractivity contribution >= 4 is 68.1 Å². The van der Waals surface area contributed by atoms with E-state index in [9.17, 15) is 14.0 Å². The van der Waals surface area contributed by atoms with Crippen LogP contribution >= 0.6 is 22.7 Å². The number of halogens is 1. The molecule has 0 radical (unpaired) electrons. The number of rotatable bonds is 10. The Balaban J connectivity index is 0.000000217. The van der Waals surface area contributed by atoms with Crippen LogP contribution in [0.2, 0.25) is 0 Å². The zero-order valence-corrected chi connectivity index (χ0v) is 29.2. The Morgan fingerprint density at radius 1 is 0.804 bits per heavy atom. The minimum absolute atomic E-state index is 0.0298. The molecule has 6 rings (SSSR count). The summed E-state index contributed by atoms with van der Waals surface area (Å²) in [6.45, 7) is 6.46. The largest absolute Gasteiger partial charge is 0.480 e. The number of anilines is 6. The molecule has 0 aromatic carbocycles. The van der Waals surface area contributed by atoms with Gasteiger partial charge in [0.2, 0.25) is 5.91 Å². The number of piperazine rings is 2. The summed E-state index contributed by atoms with van der Waals surface area (Å²) in [6.07, 6.45) is 6.02. The fourth-order valence-corrected chi connectivity index (χ4v) is 6.15. The van der Waals surface area contributed by atoms with Crippen molar-refractivity contribution in [2.75, 3.05) is 100 Å². The van der Waals surface area contributed by atoms with E-state index in [-0.39, 0.29) is 12.5 Å². The van der Waals surface area contributed by atoms with E-state index in [2.05, 4.69) is 66.6 Å². The molecule has 51 heavy (non-hydrogen) atoms. The number of nitrogens with one attached hydrogen (secondary N) is 3. The molecule has 0 atom stereocenters. The van der Waals surface area contributed by atoms with Gasteiger partial charge in [-0.2, -0.15) is 10.5 Å². The lowest BCUT2D eigenvalue weighted by Crippen LogP contribution is -2.49. The van der Waals surface area contributed by atoms with E-state index in [0.29, 0.717) is 64.4 Å². The number of aliphatic carboxylic acids is 1. The molecule has 6 heterocycles. The number of likely N-dealkylation sites (N-methyl/N-ethyl adjacent to an activating group) is 1. The standard InChI is InChI=1S/C15H18N8OS.C14H15N7O2S.CH3F/c1-17-14(24)9-22-2-4-23(5-3-22)13-6-12(19-10-20-13)21-15-18-8-11(7-16)25-15;15-6-10-7-16-14(24-10)19-11-5-12(18-9-17-11)21-3-1-20(2-4-21)8-13(22)23;1-2/h6,8,10H,2-5,9H2,1H3,(H,17,24)(H,18,19,20,21);5,7,9H,1-4,8H2,(H,22,23)(H,16,17,18,19);1H3/i;;1D. The van der Waals surface area contributed by atoms with Gasteiger partial charge < -0.3 is 30.9 Å². The third-order valence-corrected chi connectivity index (χ3v) is 9.04. The Morgan fingerprint density at radius 3 is 1.61 bits per heavy atom. The molecule has 0 spiro atoms. The maximum Gasteiger partial charge on any atom is 0.317 e. The molecule has 1 amide bonds. The monoisotopic (exact) mass is 738 g/mol. The Kier molecular flexibility index (Phi) is 14.1. The SMILES string of the molecule is CNC(=O)CN1CCN(c2cc(Nc3ncc(C#N)s3)ncn2)CC1.N#Cc1cnc(Nc2cc(N3CCN(CC(=O)O)CC3)ncn2)s1.[2H]CF. The van der Waals surface area contributed by atoms with E-state index >= 15 is 0 Å². The number of nitrogens with zero attached hydrogens (tertiary/aromatic N) is 12. The van der Waals surface area contributed by atoms with Crippen molar-refractivity contribution in [3.63, 3.8) is 0 Å². The second-order valence-electron chi connectivity index (χ2n) is 10.6. The third kappa shape index (κ3) is 11.8. The third-order valence-electron chi connectivity index (χ3n) is 7.40. The number of amides is 1. The predicted molar refractivity (Wildman–Crippen MR) is 190 cm³/mol. The number of carbonyl (C=O) groups is 2. The van der Waals surface area contributed by atoms with Gasteiger partial charge in [-0.05, 0) is 0 Å². The number of hydrogen-bond acceptors (Lipinski definition) is 18. The highest BCUT2D eigenvalue weighted by atomic mass is 32.1. The van der Waals surface area contributed by atoms with Crippen molar-refractivity contribution in [1.82, 2.24) is 45.0 Å². The molecular formula is C30H36FN15O3S2. The van der Waals surface area contributed by atoms with Crippen LogP contribution in [0.1, 0.15) is 11.1 Å². The Labute approximate surface area is 302 Å². The Hall–Kier alpha value is -5.61. The average molecular weight is 739 g/mol. The second kappa shape index (κ2) is 19.5. The molecular weight excluding hydrogens is 702 g/mol. The summed E-state index contributed by atoms with van der Waals surface area (Å²) in [5, 5.41) is 36.5. The van der Waals surface area contributed by atoms with Crippen LogP contribution in [-0.2, 0) is 9.59 Å². The van der Waals surface area contributed by atoms with E-state index in [1.165, 1.54) is 47.7 Å². The van der Waals surface area contributed by atoms with E-state index in [1.807, 2.05) is 23.1 Å². The second-order valence-corrected chi connectivity index (χ2v) is 12.7. The zero-order valence-electron chi connectivity index (χ0n) is 28.6. The first-order valence-corrected chi connectivity index (χ1v) is 17.0. The molecule has 4 N–H and O–H groups in total. The molecule has 0 saturated carbocycles. The minimum Gasteiger partial charge on any atom is -0.480 e. The normalized spacial score (nSPS) is 14.7. The highest BCUT2D eigenvalue weighted by Crippen LogP contribution is 2.24. The summed E-state index contributed by atoms with van der Waals surface area (Å²) >= 11 is 2.53. The maximum absolute atomic E-state index is 11.5. The van der Waals surface area contributed by atoms with Crippen LogP contribution in [0, 0.1) is 22.7 Å². The Bertz CT molecular complexity index is 1840. The topological polar surface area (TPSA) is 228 Å². The van der Waals surface area contributed by atoms with Crippen molar-refractivity contribution in [1.29, 1.82) is 10.5 Å². The summed E-state index contributed by atoms with van der Waals surface area (Å²) in [5.41, 5.74) is 0. The number of carboxylic acids is 1. The summed E-state index contributed by atoms with van der Waals surface area (Å²) < 4.78 is 15.5. The van der Waals surface area contributed by atoms with Gasteiger partial charge in [-0.15, -0.1) is 0 Å². The van der Waals surface area contributed by atoms with Crippen LogP contribution in [0.5, 0.6) is 0 Å². The predicted octanol–water partition coefficient (Wildman–Crippen LogP) is 1.76. The fourth-order valence-electron chi connectivity index (χ4n) is 4.91. The number of nitriles is 2. The van der Waals surface area contributed by atoms with Gasteiger partial charge >= 0.3 is 5.97 Å². The highest BCUT2D eigenvalue weighted by molar-refractivity contribution is 7.16. The number of thiazole rings is 2. The van der Waals surface area contributed by atoms with Crippen molar-refractivity contribution in [2.45, 2.75) is 0 Å². The molecule has 4 aromatic rings. The van der Waals surface area contributed by atoms with E-state index < -0.39 is 13.1 Å². The van der Waals surface area contributed by atoms with Crippen LogP contribution in [0.3, 0.4) is 0 Å². The molecule has 0 unspecified atom stereocenters. The Morgan fingerprint density at radius 2 is 1.24 bits per heavy atom. The van der Waals surface area contributed by atoms with Crippen LogP contribution < -0.4 is 25.8 Å². The molecule has 2 saturated heterocycles. The first-order valence-electron chi connectivity index (χ1n) is 16.1. The molecule has 0 aliphatic carbocycles. The van der Waals surface area contributed by atoms with Gasteiger partial charge in [-0.25, -0.2) is 29.9 Å². The lowest BCUT2D eigenvalue weighted by molar-refractivity contribution is -0.138. The van der Waals surface area contributed by atoms with Crippen molar-refractivity contribution in [2.24, 2.45) is 0 Å². The molecule has 18 nitrogen and oxygen atoms in total.